The number of amides is 3. The van der Waals surface area contributed by atoms with Gasteiger partial charge in [-0.05, 0) is 40.0 Å². The molecule has 0 heterocycles. The van der Waals surface area contributed by atoms with Crippen LogP contribution in [0.4, 0.5) is 4.79 Å². The number of hydrogen-bond acceptors (Lipinski definition) is 6. The van der Waals surface area contributed by atoms with E-state index >= 15 is 0 Å². The fourth-order valence-corrected chi connectivity index (χ4v) is 6.61. The average molecular weight is 638 g/mol. The van der Waals surface area contributed by atoms with E-state index in [1.54, 1.807) is 7.05 Å². The fourth-order valence-electron chi connectivity index (χ4n) is 6.61. The largest absolute Gasteiger partial charge is 0.481 e. The maximum Gasteiger partial charge on any atom is 0.410 e. The van der Waals surface area contributed by atoms with E-state index in [9.17, 15) is 24.3 Å². The number of likely N-dealkylation sites (N-methyl/N-ethyl adjacent to an activating group) is 2. The van der Waals surface area contributed by atoms with Gasteiger partial charge in [0.15, 0.2) is 0 Å². The summed E-state index contributed by atoms with van der Waals surface area (Å²) in [5, 5.41) is 12.4. The van der Waals surface area contributed by atoms with E-state index in [1.807, 2.05) is 77.9 Å². The monoisotopic (exact) mass is 637 g/mol. The number of hydrogen-bond donors (Lipinski definition) is 2. The number of carbonyl (C=O) groups is 4. The minimum atomic E-state index is -1.02. The summed E-state index contributed by atoms with van der Waals surface area (Å²) in [7, 11) is 4.60. The molecule has 4 unspecified atom stereocenters. The van der Waals surface area contributed by atoms with Gasteiger partial charge in [-0.2, -0.15) is 0 Å². The molecule has 3 rings (SSSR count). The molecule has 0 bridgehead atoms. The van der Waals surface area contributed by atoms with Crippen molar-refractivity contribution < 1.29 is 33.8 Å². The SMILES string of the molecule is CCC(C)C(C(CC(=O)O)OC)N(C)C(=O)[C@@H](NC(=O)C(C(C)C)N(C)C(=O)OCC1c2ccccc2-c2ccccc21)C(C)C. The third-order valence-corrected chi connectivity index (χ3v) is 9.25. The van der Waals surface area contributed by atoms with Crippen LogP contribution in [0, 0.1) is 17.8 Å². The molecule has 5 atom stereocenters. The van der Waals surface area contributed by atoms with Gasteiger partial charge >= 0.3 is 12.1 Å². The molecular formula is C36H51N3O7. The van der Waals surface area contributed by atoms with Crippen LogP contribution < -0.4 is 5.32 Å². The van der Waals surface area contributed by atoms with Crippen LogP contribution in [0.1, 0.15) is 71.4 Å². The van der Waals surface area contributed by atoms with Crippen LogP contribution in [0.3, 0.4) is 0 Å². The Balaban J connectivity index is 1.76. The lowest BCUT2D eigenvalue weighted by Crippen LogP contribution is -2.60. The van der Waals surface area contributed by atoms with Crippen molar-refractivity contribution >= 4 is 23.9 Å². The van der Waals surface area contributed by atoms with Crippen molar-refractivity contribution in [2.75, 3.05) is 27.8 Å². The van der Waals surface area contributed by atoms with Gasteiger partial charge in [0.2, 0.25) is 11.8 Å². The van der Waals surface area contributed by atoms with Gasteiger partial charge in [0.1, 0.15) is 18.7 Å². The molecule has 3 amide bonds. The molecule has 0 spiro atoms. The Labute approximate surface area is 273 Å². The van der Waals surface area contributed by atoms with Crippen LogP contribution in [0.25, 0.3) is 11.1 Å². The number of fused-ring (bicyclic) bond motifs is 3. The summed E-state index contributed by atoms with van der Waals surface area (Å²) >= 11 is 0. The fraction of sp³-hybridized carbons (Fsp3) is 0.556. The number of carboxylic acid groups (broad SMARTS) is 1. The lowest BCUT2D eigenvalue weighted by molar-refractivity contribution is -0.148. The summed E-state index contributed by atoms with van der Waals surface area (Å²) in [6, 6.07) is 13.8. The first-order valence-electron chi connectivity index (χ1n) is 16.1. The van der Waals surface area contributed by atoms with Crippen LogP contribution in [0.2, 0.25) is 0 Å². The van der Waals surface area contributed by atoms with Gasteiger partial charge in [0.05, 0.1) is 18.6 Å². The summed E-state index contributed by atoms with van der Waals surface area (Å²) < 4.78 is 11.4. The number of nitrogens with zero attached hydrogens (tertiary/aromatic N) is 2. The molecule has 1 aliphatic rings. The number of carbonyl (C=O) groups excluding carboxylic acids is 3. The van der Waals surface area contributed by atoms with Crippen molar-refractivity contribution in [3.8, 4) is 11.1 Å². The normalized spacial score (nSPS) is 15.7. The van der Waals surface area contributed by atoms with E-state index in [2.05, 4.69) is 17.4 Å². The molecule has 0 saturated heterocycles. The summed E-state index contributed by atoms with van der Waals surface area (Å²) in [6.07, 6.45) is -0.926. The van der Waals surface area contributed by atoms with Crippen molar-refractivity contribution in [2.24, 2.45) is 17.8 Å². The minimum Gasteiger partial charge on any atom is -0.481 e. The Morgan fingerprint density at radius 1 is 0.870 bits per heavy atom. The second-order valence-corrected chi connectivity index (χ2v) is 13.0. The molecule has 252 valence electrons. The van der Waals surface area contributed by atoms with Crippen LogP contribution in [0.15, 0.2) is 48.5 Å². The van der Waals surface area contributed by atoms with Gasteiger partial charge in [0.25, 0.3) is 0 Å². The van der Waals surface area contributed by atoms with Crippen molar-refractivity contribution in [3.05, 3.63) is 59.7 Å². The molecule has 10 nitrogen and oxygen atoms in total. The van der Waals surface area contributed by atoms with E-state index in [0.717, 1.165) is 22.3 Å². The smallest absolute Gasteiger partial charge is 0.410 e. The van der Waals surface area contributed by atoms with Gasteiger partial charge in [-0.25, -0.2) is 4.79 Å². The Kier molecular flexibility index (Phi) is 12.8. The molecule has 2 aromatic carbocycles. The topological polar surface area (TPSA) is 125 Å². The third kappa shape index (κ3) is 8.07. The number of carboxylic acids is 1. The number of rotatable bonds is 15. The molecular weight excluding hydrogens is 586 g/mol. The predicted molar refractivity (Wildman–Crippen MR) is 177 cm³/mol. The molecule has 0 aliphatic heterocycles. The molecule has 46 heavy (non-hydrogen) atoms. The summed E-state index contributed by atoms with van der Waals surface area (Å²) in [5.74, 6) is -2.61. The zero-order valence-electron chi connectivity index (χ0n) is 28.7. The van der Waals surface area contributed by atoms with E-state index in [-0.39, 0.29) is 42.6 Å². The second-order valence-electron chi connectivity index (χ2n) is 13.0. The van der Waals surface area contributed by atoms with E-state index in [0.29, 0.717) is 6.42 Å². The second kappa shape index (κ2) is 16.1. The van der Waals surface area contributed by atoms with Crippen molar-refractivity contribution in [1.82, 2.24) is 15.1 Å². The van der Waals surface area contributed by atoms with E-state index in [1.165, 1.54) is 24.0 Å². The predicted octanol–water partition coefficient (Wildman–Crippen LogP) is 5.40. The molecule has 0 radical (unpaired) electrons. The molecule has 0 aromatic heterocycles. The lowest BCUT2D eigenvalue weighted by atomic mass is 9.90. The summed E-state index contributed by atoms with van der Waals surface area (Å²) in [5.41, 5.74) is 4.43. The first-order valence-corrected chi connectivity index (χ1v) is 16.1. The number of benzene rings is 2. The first-order chi connectivity index (χ1) is 21.7. The summed E-state index contributed by atoms with van der Waals surface area (Å²) in [6.45, 7) is 11.4. The highest BCUT2D eigenvalue weighted by molar-refractivity contribution is 5.91. The third-order valence-electron chi connectivity index (χ3n) is 9.25. The minimum absolute atomic E-state index is 0.0649. The molecule has 0 fully saturated rings. The standard InChI is InChI=1S/C36H51N3O7/c1-10-23(6)33(29(45-9)19-30(40)41)38(7)35(43)31(21(2)3)37-34(42)32(22(4)5)39(8)36(44)46-20-28-26-17-13-11-15-24(26)25-16-12-14-18-27(25)28/h11-18,21-23,28-29,31-33H,10,19-20H2,1-9H3,(H,37,42)(H,40,41)/t23?,29?,31-,32?,33?/m0/s1. The van der Waals surface area contributed by atoms with Crippen molar-refractivity contribution in [3.63, 3.8) is 0 Å². The van der Waals surface area contributed by atoms with Gasteiger partial charge in [0, 0.05) is 27.1 Å². The maximum atomic E-state index is 13.9. The van der Waals surface area contributed by atoms with Crippen molar-refractivity contribution in [1.29, 1.82) is 0 Å². The lowest BCUT2D eigenvalue weighted by Gasteiger charge is -2.40. The van der Waals surface area contributed by atoms with Crippen LogP contribution in [-0.4, -0.2) is 90.8 Å². The Bertz CT molecular complexity index is 1330. The number of methoxy groups -OCH3 is 1. The van der Waals surface area contributed by atoms with E-state index in [4.69, 9.17) is 9.47 Å². The Morgan fingerprint density at radius 2 is 1.41 bits per heavy atom. The number of ether oxygens (including phenoxy) is 2. The van der Waals surface area contributed by atoms with Gasteiger partial charge in [-0.3, -0.25) is 19.3 Å². The highest BCUT2D eigenvalue weighted by atomic mass is 16.6. The Morgan fingerprint density at radius 3 is 1.87 bits per heavy atom. The molecule has 2 N–H and O–H groups in total. The average Bonchev–Trinajstić information content (AvgIpc) is 3.34. The Hall–Kier alpha value is -3.92. The van der Waals surface area contributed by atoms with Crippen molar-refractivity contribution in [2.45, 2.75) is 84.5 Å². The molecule has 0 saturated carbocycles. The van der Waals surface area contributed by atoms with Crippen LogP contribution >= 0.6 is 0 Å². The van der Waals surface area contributed by atoms with Gasteiger partial charge < -0.3 is 24.8 Å². The zero-order valence-corrected chi connectivity index (χ0v) is 28.7. The molecule has 10 heteroatoms. The number of aliphatic carboxylic acids is 1. The summed E-state index contributed by atoms with van der Waals surface area (Å²) in [4.78, 5) is 55.6. The van der Waals surface area contributed by atoms with E-state index < -0.39 is 42.2 Å². The molecule has 1 aliphatic carbocycles. The van der Waals surface area contributed by atoms with Crippen LogP contribution in [-0.2, 0) is 23.9 Å². The zero-order chi connectivity index (χ0) is 34.3. The first kappa shape index (κ1) is 36.5. The quantitative estimate of drug-likeness (QED) is 0.268. The highest BCUT2D eigenvalue weighted by Gasteiger charge is 2.40. The maximum absolute atomic E-state index is 13.9. The molecule has 2 aromatic rings. The number of nitrogens with one attached hydrogen (secondary N) is 1. The van der Waals surface area contributed by atoms with Gasteiger partial charge in [-0.15, -0.1) is 0 Å². The highest BCUT2D eigenvalue weighted by Crippen LogP contribution is 2.44. The van der Waals surface area contributed by atoms with Crippen LogP contribution in [0.5, 0.6) is 0 Å². The van der Waals surface area contributed by atoms with Gasteiger partial charge in [-0.1, -0.05) is 96.5 Å².